The summed E-state index contributed by atoms with van der Waals surface area (Å²) in [5.74, 6) is -0.444. The van der Waals surface area contributed by atoms with Gasteiger partial charge in [-0.1, -0.05) is 6.08 Å². The zero-order valence-electron chi connectivity index (χ0n) is 8.19. The van der Waals surface area contributed by atoms with Gasteiger partial charge in [0.1, 0.15) is 0 Å². The van der Waals surface area contributed by atoms with Crippen LogP contribution in [0.15, 0.2) is 12.2 Å². The van der Waals surface area contributed by atoms with Crippen LogP contribution in [0.3, 0.4) is 0 Å². The van der Waals surface area contributed by atoms with E-state index in [9.17, 15) is 4.79 Å². The highest BCUT2D eigenvalue weighted by molar-refractivity contribution is 5.81. The summed E-state index contributed by atoms with van der Waals surface area (Å²) >= 11 is 0. The lowest BCUT2D eigenvalue weighted by atomic mass is 10.4. The van der Waals surface area contributed by atoms with Gasteiger partial charge in [0, 0.05) is 6.08 Å². The molecule has 2 unspecified atom stereocenters. The minimum atomic E-state index is -0.627. The van der Waals surface area contributed by atoms with E-state index in [0.29, 0.717) is 0 Å². The molecular weight excluding hydrogens is 172 g/mol. The summed E-state index contributed by atoms with van der Waals surface area (Å²) in [7, 11) is 0. The van der Waals surface area contributed by atoms with Gasteiger partial charge in [0.2, 0.25) is 6.29 Å². The Bertz CT molecular complexity index is 174. The fourth-order valence-corrected chi connectivity index (χ4v) is 0.648. The summed E-state index contributed by atoms with van der Waals surface area (Å²) in [6.07, 6.45) is 1.72. The normalized spacial score (nSPS) is 15.7. The van der Waals surface area contributed by atoms with Crippen LogP contribution in [0.4, 0.5) is 0 Å². The summed E-state index contributed by atoms with van der Waals surface area (Å²) < 4.78 is 9.78. The first-order valence-corrected chi connectivity index (χ1v) is 4.19. The molecule has 0 radical (unpaired) electrons. The Balaban J connectivity index is 3.61. The van der Waals surface area contributed by atoms with Gasteiger partial charge in [-0.3, -0.25) is 0 Å². The average Bonchev–Trinajstić information content (AvgIpc) is 2.01. The van der Waals surface area contributed by atoms with Crippen molar-refractivity contribution in [2.45, 2.75) is 33.2 Å². The van der Waals surface area contributed by atoms with E-state index in [4.69, 9.17) is 14.6 Å². The van der Waals surface area contributed by atoms with Gasteiger partial charge in [-0.15, -0.1) is 0 Å². The van der Waals surface area contributed by atoms with Crippen LogP contribution in [-0.4, -0.2) is 30.1 Å². The zero-order chi connectivity index (χ0) is 10.3. The molecule has 1 N–H and O–H groups in total. The summed E-state index contributed by atoms with van der Waals surface area (Å²) in [4.78, 5) is 10.8. The lowest BCUT2D eigenvalue weighted by Gasteiger charge is -2.13. The number of aliphatic hydroxyl groups excluding tert-OH is 1. The molecule has 0 aliphatic rings. The van der Waals surface area contributed by atoms with E-state index in [-0.39, 0.29) is 6.61 Å². The molecule has 0 heterocycles. The van der Waals surface area contributed by atoms with Crippen molar-refractivity contribution in [1.29, 1.82) is 0 Å². The van der Waals surface area contributed by atoms with Crippen molar-refractivity contribution in [2.24, 2.45) is 0 Å². The molecule has 0 aliphatic carbocycles. The molecule has 0 aromatic heterocycles. The Labute approximate surface area is 78.2 Å². The van der Waals surface area contributed by atoms with E-state index in [2.05, 4.69) is 0 Å². The highest BCUT2D eigenvalue weighted by Crippen LogP contribution is 1.96. The second-order valence-electron chi connectivity index (χ2n) is 2.69. The molecule has 0 bridgehead atoms. The SMILES string of the molecule is CC=CC(=O)OC(C)OCC(C)O. The van der Waals surface area contributed by atoms with Gasteiger partial charge in [0.15, 0.2) is 0 Å². The van der Waals surface area contributed by atoms with Crippen LogP contribution in [0.5, 0.6) is 0 Å². The summed E-state index contributed by atoms with van der Waals surface area (Å²) in [6.45, 7) is 5.08. The van der Waals surface area contributed by atoms with Crippen molar-refractivity contribution in [1.82, 2.24) is 0 Å². The monoisotopic (exact) mass is 188 g/mol. The maximum absolute atomic E-state index is 10.8. The lowest BCUT2D eigenvalue weighted by Crippen LogP contribution is -2.21. The van der Waals surface area contributed by atoms with Gasteiger partial charge in [-0.25, -0.2) is 4.79 Å². The van der Waals surface area contributed by atoms with E-state index < -0.39 is 18.4 Å². The number of rotatable bonds is 5. The van der Waals surface area contributed by atoms with Gasteiger partial charge in [0.25, 0.3) is 0 Å². The summed E-state index contributed by atoms with van der Waals surface area (Å²) in [5.41, 5.74) is 0. The molecule has 4 nitrogen and oxygen atoms in total. The molecule has 0 saturated carbocycles. The van der Waals surface area contributed by atoms with Crippen LogP contribution >= 0.6 is 0 Å². The molecule has 4 heteroatoms. The molecule has 0 aliphatic heterocycles. The number of allylic oxidation sites excluding steroid dienone is 1. The summed E-state index contributed by atoms with van der Waals surface area (Å²) in [5, 5.41) is 8.86. The van der Waals surface area contributed by atoms with Gasteiger partial charge in [-0.05, 0) is 20.8 Å². The molecule has 0 aromatic rings. The predicted molar refractivity (Wildman–Crippen MR) is 48.0 cm³/mol. The number of aliphatic hydroxyl groups is 1. The molecule has 0 spiro atoms. The third-order valence-corrected chi connectivity index (χ3v) is 1.16. The van der Waals surface area contributed by atoms with Gasteiger partial charge >= 0.3 is 5.97 Å². The maximum atomic E-state index is 10.8. The first-order chi connectivity index (χ1) is 6.06. The second kappa shape index (κ2) is 6.62. The number of esters is 1. The third kappa shape index (κ3) is 7.49. The minimum absolute atomic E-state index is 0.157. The first kappa shape index (κ1) is 12.1. The third-order valence-electron chi connectivity index (χ3n) is 1.16. The molecule has 0 aromatic carbocycles. The number of carbonyl (C=O) groups is 1. The number of hydrogen-bond donors (Lipinski definition) is 1. The number of hydrogen-bond acceptors (Lipinski definition) is 4. The largest absolute Gasteiger partial charge is 0.433 e. The molecule has 0 amide bonds. The van der Waals surface area contributed by atoms with Crippen molar-refractivity contribution < 1.29 is 19.4 Å². The smallest absolute Gasteiger partial charge is 0.332 e. The van der Waals surface area contributed by atoms with Crippen molar-refractivity contribution in [3.63, 3.8) is 0 Å². The van der Waals surface area contributed by atoms with Crippen molar-refractivity contribution >= 4 is 5.97 Å². The van der Waals surface area contributed by atoms with Gasteiger partial charge in [0.05, 0.1) is 12.7 Å². The Morgan fingerprint density at radius 1 is 1.54 bits per heavy atom. The molecule has 0 rings (SSSR count). The van der Waals surface area contributed by atoms with Crippen molar-refractivity contribution in [3.8, 4) is 0 Å². The van der Waals surface area contributed by atoms with Crippen LogP contribution < -0.4 is 0 Å². The average molecular weight is 188 g/mol. The van der Waals surface area contributed by atoms with Crippen molar-refractivity contribution in [2.75, 3.05) is 6.61 Å². The maximum Gasteiger partial charge on any atom is 0.332 e. The van der Waals surface area contributed by atoms with E-state index in [0.717, 1.165) is 0 Å². The number of ether oxygens (including phenoxy) is 2. The standard InChI is InChI=1S/C9H16O4/c1-4-5-9(11)13-8(3)12-6-7(2)10/h4-5,7-8,10H,6H2,1-3H3. The highest BCUT2D eigenvalue weighted by Gasteiger charge is 2.07. The fraction of sp³-hybridized carbons (Fsp3) is 0.667. The van der Waals surface area contributed by atoms with E-state index in [1.807, 2.05) is 0 Å². The van der Waals surface area contributed by atoms with Crippen LogP contribution in [0.2, 0.25) is 0 Å². The van der Waals surface area contributed by atoms with Crippen LogP contribution in [0, 0.1) is 0 Å². The quantitative estimate of drug-likeness (QED) is 0.395. The lowest BCUT2D eigenvalue weighted by molar-refractivity contribution is -0.173. The fourth-order valence-electron chi connectivity index (χ4n) is 0.648. The van der Waals surface area contributed by atoms with E-state index in [1.54, 1.807) is 26.8 Å². The van der Waals surface area contributed by atoms with E-state index in [1.165, 1.54) is 6.08 Å². The molecule has 13 heavy (non-hydrogen) atoms. The van der Waals surface area contributed by atoms with Crippen LogP contribution in [-0.2, 0) is 14.3 Å². The molecule has 0 saturated heterocycles. The minimum Gasteiger partial charge on any atom is -0.433 e. The topological polar surface area (TPSA) is 55.8 Å². The second-order valence-corrected chi connectivity index (χ2v) is 2.69. The molecular formula is C9H16O4. The van der Waals surface area contributed by atoms with E-state index >= 15 is 0 Å². The Hall–Kier alpha value is -0.870. The van der Waals surface area contributed by atoms with Gasteiger partial charge in [-0.2, -0.15) is 0 Å². The Morgan fingerprint density at radius 2 is 2.15 bits per heavy atom. The van der Waals surface area contributed by atoms with Crippen LogP contribution in [0.25, 0.3) is 0 Å². The summed E-state index contributed by atoms with van der Waals surface area (Å²) in [6, 6.07) is 0. The Kier molecular flexibility index (Phi) is 6.18. The highest BCUT2D eigenvalue weighted by atomic mass is 16.7. The molecule has 76 valence electrons. The Morgan fingerprint density at radius 3 is 2.62 bits per heavy atom. The van der Waals surface area contributed by atoms with Gasteiger partial charge < -0.3 is 14.6 Å². The molecule has 0 fully saturated rings. The molecule has 2 atom stereocenters. The number of carbonyl (C=O) groups excluding carboxylic acids is 1. The predicted octanol–water partition coefficient (Wildman–Crippen LogP) is 0.849. The van der Waals surface area contributed by atoms with Crippen LogP contribution in [0.1, 0.15) is 20.8 Å². The van der Waals surface area contributed by atoms with Crippen molar-refractivity contribution in [3.05, 3.63) is 12.2 Å². The zero-order valence-corrected chi connectivity index (χ0v) is 8.19. The first-order valence-electron chi connectivity index (χ1n) is 4.19.